The van der Waals surface area contributed by atoms with Gasteiger partial charge in [-0.3, -0.25) is 0 Å². The molecule has 0 atom stereocenters. The Balaban J connectivity index is 1.83. The first-order valence-electron chi connectivity index (χ1n) is 6.68. The summed E-state index contributed by atoms with van der Waals surface area (Å²) >= 11 is 3.57. The zero-order valence-corrected chi connectivity index (χ0v) is 13.2. The van der Waals surface area contributed by atoms with E-state index in [0.717, 1.165) is 33.4 Å². The SMILES string of the molecule is COc1ccc(CNc2nccc3c(Br)cccc23)cc1. The maximum absolute atomic E-state index is 5.16. The Hall–Kier alpha value is -2.07. The zero-order valence-electron chi connectivity index (χ0n) is 11.6. The Morgan fingerprint density at radius 3 is 2.62 bits per heavy atom. The van der Waals surface area contributed by atoms with E-state index in [4.69, 9.17) is 4.74 Å². The Bertz CT molecular complexity index is 756. The van der Waals surface area contributed by atoms with Crippen LogP contribution in [0.2, 0.25) is 0 Å². The van der Waals surface area contributed by atoms with E-state index >= 15 is 0 Å². The van der Waals surface area contributed by atoms with E-state index < -0.39 is 0 Å². The number of anilines is 1. The number of fused-ring (bicyclic) bond motifs is 1. The molecule has 106 valence electrons. The largest absolute Gasteiger partial charge is 0.497 e. The van der Waals surface area contributed by atoms with Crippen molar-refractivity contribution in [2.24, 2.45) is 0 Å². The molecular weight excluding hydrogens is 328 g/mol. The van der Waals surface area contributed by atoms with E-state index in [1.54, 1.807) is 7.11 Å². The van der Waals surface area contributed by atoms with Crippen LogP contribution in [0.4, 0.5) is 5.82 Å². The van der Waals surface area contributed by atoms with Crippen molar-refractivity contribution in [1.29, 1.82) is 0 Å². The molecule has 1 heterocycles. The lowest BCUT2D eigenvalue weighted by Crippen LogP contribution is -2.02. The number of hydrogen-bond donors (Lipinski definition) is 1. The summed E-state index contributed by atoms with van der Waals surface area (Å²) in [5, 5.41) is 5.66. The Morgan fingerprint density at radius 1 is 1.05 bits per heavy atom. The lowest BCUT2D eigenvalue weighted by atomic mass is 10.1. The van der Waals surface area contributed by atoms with E-state index in [1.165, 1.54) is 5.56 Å². The highest BCUT2D eigenvalue weighted by atomic mass is 79.9. The first kappa shape index (κ1) is 13.9. The quantitative estimate of drug-likeness (QED) is 0.751. The van der Waals surface area contributed by atoms with Crippen LogP contribution < -0.4 is 10.1 Å². The zero-order chi connectivity index (χ0) is 14.7. The lowest BCUT2D eigenvalue weighted by Gasteiger charge is -2.10. The highest BCUT2D eigenvalue weighted by Gasteiger charge is 2.04. The van der Waals surface area contributed by atoms with E-state index in [0.29, 0.717) is 0 Å². The van der Waals surface area contributed by atoms with Crippen LogP contribution in [0.15, 0.2) is 59.2 Å². The first-order valence-corrected chi connectivity index (χ1v) is 7.47. The van der Waals surface area contributed by atoms with Crippen LogP contribution in [-0.2, 0) is 6.54 Å². The number of pyridine rings is 1. The molecule has 0 aliphatic heterocycles. The van der Waals surface area contributed by atoms with Crippen molar-refractivity contribution in [1.82, 2.24) is 4.98 Å². The van der Waals surface area contributed by atoms with Gasteiger partial charge in [0, 0.05) is 28.0 Å². The molecule has 1 aromatic heterocycles. The summed E-state index contributed by atoms with van der Waals surface area (Å²) in [4.78, 5) is 4.44. The van der Waals surface area contributed by atoms with Gasteiger partial charge in [-0.2, -0.15) is 0 Å². The van der Waals surface area contributed by atoms with Crippen molar-refractivity contribution in [3.8, 4) is 5.75 Å². The maximum Gasteiger partial charge on any atom is 0.134 e. The van der Waals surface area contributed by atoms with Crippen LogP contribution in [0.5, 0.6) is 5.75 Å². The van der Waals surface area contributed by atoms with Gasteiger partial charge in [-0.25, -0.2) is 4.98 Å². The van der Waals surface area contributed by atoms with Crippen molar-refractivity contribution in [3.63, 3.8) is 0 Å². The molecule has 0 aliphatic carbocycles. The number of hydrogen-bond acceptors (Lipinski definition) is 3. The highest BCUT2D eigenvalue weighted by Crippen LogP contribution is 2.27. The van der Waals surface area contributed by atoms with Gasteiger partial charge in [-0.1, -0.05) is 40.2 Å². The number of halogens is 1. The number of ether oxygens (including phenoxy) is 1. The third kappa shape index (κ3) is 3.00. The fraction of sp³-hybridized carbons (Fsp3) is 0.118. The number of benzene rings is 2. The minimum absolute atomic E-state index is 0.725. The molecule has 3 nitrogen and oxygen atoms in total. The molecule has 0 bridgehead atoms. The summed E-state index contributed by atoms with van der Waals surface area (Å²) < 4.78 is 6.24. The van der Waals surface area contributed by atoms with E-state index in [1.807, 2.05) is 48.7 Å². The van der Waals surface area contributed by atoms with Crippen molar-refractivity contribution in [2.75, 3.05) is 12.4 Å². The van der Waals surface area contributed by atoms with E-state index in [2.05, 4.69) is 32.3 Å². The summed E-state index contributed by atoms with van der Waals surface area (Å²) in [6.45, 7) is 0.725. The van der Waals surface area contributed by atoms with E-state index in [9.17, 15) is 0 Å². The standard InChI is InChI=1S/C17H15BrN2O/c1-21-13-7-5-12(6-8-13)11-20-17-15-3-2-4-16(18)14(15)9-10-19-17/h2-10H,11H2,1H3,(H,19,20). The second kappa shape index (κ2) is 6.14. The highest BCUT2D eigenvalue weighted by molar-refractivity contribution is 9.10. The van der Waals surface area contributed by atoms with Crippen molar-refractivity contribution in [2.45, 2.75) is 6.54 Å². The van der Waals surface area contributed by atoms with Crippen LogP contribution >= 0.6 is 15.9 Å². The average molecular weight is 343 g/mol. The molecule has 3 rings (SSSR count). The fourth-order valence-corrected chi connectivity index (χ4v) is 2.74. The van der Waals surface area contributed by atoms with Crippen LogP contribution in [-0.4, -0.2) is 12.1 Å². The number of rotatable bonds is 4. The molecule has 1 N–H and O–H groups in total. The summed E-state index contributed by atoms with van der Waals surface area (Å²) in [5.74, 6) is 1.76. The normalized spacial score (nSPS) is 10.6. The average Bonchev–Trinajstić information content (AvgIpc) is 2.54. The third-order valence-corrected chi connectivity index (χ3v) is 4.06. The van der Waals surface area contributed by atoms with Crippen LogP contribution in [0.25, 0.3) is 10.8 Å². The van der Waals surface area contributed by atoms with Gasteiger partial charge in [0.15, 0.2) is 0 Å². The van der Waals surface area contributed by atoms with Gasteiger partial charge >= 0.3 is 0 Å². The van der Waals surface area contributed by atoms with Gasteiger partial charge in [0.2, 0.25) is 0 Å². The molecule has 0 radical (unpaired) electrons. The van der Waals surface area contributed by atoms with Crippen LogP contribution in [0.1, 0.15) is 5.56 Å². The smallest absolute Gasteiger partial charge is 0.134 e. The molecule has 4 heteroatoms. The molecule has 0 saturated heterocycles. The lowest BCUT2D eigenvalue weighted by molar-refractivity contribution is 0.414. The third-order valence-electron chi connectivity index (χ3n) is 3.37. The molecule has 0 fully saturated rings. The summed E-state index contributed by atoms with van der Waals surface area (Å²) in [6, 6.07) is 16.2. The number of aromatic nitrogens is 1. The minimum Gasteiger partial charge on any atom is -0.497 e. The molecule has 0 unspecified atom stereocenters. The second-order valence-corrected chi connectivity index (χ2v) is 5.55. The van der Waals surface area contributed by atoms with Crippen LogP contribution in [0.3, 0.4) is 0 Å². The monoisotopic (exact) mass is 342 g/mol. The fourth-order valence-electron chi connectivity index (χ4n) is 2.24. The molecule has 2 aromatic carbocycles. The van der Waals surface area contributed by atoms with Crippen molar-refractivity contribution >= 4 is 32.5 Å². The summed E-state index contributed by atoms with van der Waals surface area (Å²) in [5.41, 5.74) is 1.18. The molecule has 21 heavy (non-hydrogen) atoms. The van der Waals surface area contributed by atoms with Gasteiger partial charge < -0.3 is 10.1 Å². The molecule has 0 aliphatic rings. The number of nitrogens with one attached hydrogen (secondary N) is 1. The Kier molecular flexibility index (Phi) is 4.06. The second-order valence-electron chi connectivity index (χ2n) is 4.70. The van der Waals surface area contributed by atoms with Gasteiger partial charge in [-0.15, -0.1) is 0 Å². The molecule has 3 aromatic rings. The predicted molar refractivity (Wildman–Crippen MR) is 89.8 cm³/mol. The van der Waals surface area contributed by atoms with Gasteiger partial charge in [0.1, 0.15) is 11.6 Å². The van der Waals surface area contributed by atoms with Gasteiger partial charge in [0.05, 0.1) is 7.11 Å². The first-order chi connectivity index (χ1) is 10.3. The van der Waals surface area contributed by atoms with Gasteiger partial charge in [-0.05, 0) is 29.8 Å². The Labute approximate surface area is 132 Å². The summed E-state index contributed by atoms with van der Waals surface area (Å²) in [7, 11) is 1.67. The van der Waals surface area contributed by atoms with E-state index in [-0.39, 0.29) is 0 Å². The number of nitrogens with zero attached hydrogens (tertiary/aromatic N) is 1. The molecular formula is C17H15BrN2O. The van der Waals surface area contributed by atoms with Crippen LogP contribution in [0, 0.1) is 0 Å². The maximum atomic E-state index is 5.16. The Morgan fingerprint density at radius 2 is 1.86 bits per heavy atom. The molecule has 0 spiro atoms. The topological polar surface area (TPSA) is 34.1 Å². The molecule has 0 saturated carbocycles. The predicted octanol–water partition coefficient (Wildman–Crippen LogP) is 4.62. The molecule has 0 amide bonds. The van der Waals surface area contributed by atoms with Gasteiger partial charge in [0.25, 0.3) is 0 Å². The van der Waals surface area contributed by atoms with Crippen molar-refractivity contribution < 1.29 is 4.74 Å². The van der Waals surface area contributed by atoms with Crippen molar-refractivity contribution in [3.05, 3.63) is 64.8 Å². The number of methoxy groups -OCH3 is 1. The summed E-state index contributed by atoms with van der Waals surface area (Å²) in [6.07, 6.45) is 1.82. The minimum atomic E-state index is 0.725.